The highest BCUT2D eigenvalue weighted by molar-refractivity contribution is 5.63. The van der Waals surface area contributed by atoms with Gasteiger partial charge in [0, 0.05) is 43.3 Å². The van der Waals surface area contributed by atoms with E-state index in [2.05, 4.69) is 11.4 Å². The zero-order valence-corrected chi connectivity index (χ0v) is 16.2. The summed E-state index contributed by atoms with van der Waals surface area (Å²) in [5.41, 5.74) is 3.21. The van der Waals surface area contributed by atoms with Gasteiger partial charge in [-0.05, 0) is 54.3 Å². The van der Waals surface area contributed by atoms with Crippen LogP contribution in [0.15, 0.2) is 48.0 Å². The van der Waals surface area contributed by atoms with Crippen molar-refractivity contribution in [3.63, 3.8) is 0 Å². The Hall–Kier alpha value is -2.37. The number of hydrogen-bond acceptors (Lipinski definition) is 4. The SMILES string of the molecule is COc1ccc2c(c1)OCC(CNCC1(c3cccc(F)c3)CCOCC1)=C2. The summed E-state index contributed by atoms with van der Waals surface area (Å²) < 4.78 is 30.5. The van der Waals surface area contributed by atoms with Gasteiger partial charge >= 0.3 is 0 Å². The first-order valence-electron chi connectivity index (χ1n) is 9.73. The van der Waals surface area contributed by atoms with Crippen LogP contribution in [0.3, 0.4) is 0 Å². The molecular formula is C23H26FNO3. The third-order valence-corrected chi connectivity index (χ3v) is 5.70. The largest absolute Gasteiger partial charge is 0.497 e. The molecule has 1 N–H and O–H groups in total. The lowest BCUT2D eigenvalue weighted by molar-refractivity contribution is 0.0500. The van der Waals surface area contributed by atoms with Crippen molar-refractivity contribution in [2.75, 3.05) is 40.0 Å². The molecule has 0 atom stereocenters. The zero-order chi connectivity index (χ0) is 19.4. The number of benzene rings is 2. The van der Waals surface area contributed by atoms with E-state index in [4.69, 9.17) is 14.2 Å². The fourth-order valence-electron chi connectivity index (χ4n) is 4.03. The van der Waals surface area contributed by atoms with Crippen LogP contribution < -0.4 is 14.8 Å². The van der Waals surface area contributed by atoms with Gasteiger partial charge in [0.1, 0.15) is 23.9 Å². The van der Waals surface area contributed by atoms with Gasteiger partial charge in [-0.25, -0.2) is 4.39 Å². The van der Waals surface area contributed by atoms with Gasteiger partial charge in [0.15, 0.2) is 0 Å². The van der Waals surface area contributed by atoms with Crippen molar-refractivity contribution in [1.29, 1.82) is 0 Å². The molecule has 0 unspecified atom stereocenters. The van der Waals surface area contributed by atoms with E-state index in [9.17, 15) is 4.39 Å². The van der Waals surface area contributed by atoms with Crippen LogP contribution in [0, 0.1) is 5.82 Å². The molecule has 5 heteroatoms. The van der Waals surface area contributed by atoms with Gasteiger partial charge in [0.2, 0.25) is 0 Å². The van der Waals surface area contributed by atoms with Crippen LogP contribution >= 0.6 is 0 Å². The van der Waals surface area contributed by atoms with E-state index >= 15 is 0 Å². The first-order chi connectivity index (χ1) is 13.7. The molecule has 2 aromatic rings. The summed E-state index contributed by atoms with van der Waals surface area (Å²) in [6, 6.07) is 12.9. The molecule has 0 bridgehead atoms. The lowest BCUT2D eigenvalue weighted by atomic mass is 9.74. The van der Waals surface area contributed by atoms with Gasteiger partial charge in [-0.2, -0.15) is 0 Å². The van der Waals surface area contributed by atoms with Crippen molar-refractivity contribution < 1.29 is 18.6 Å². The van der Waals surface area contributed by atoms with E-state index in [1.807, 2.05) is 24.3 Å². The molecule has 4 nitrogen and oxygen atoms in total. The Morgan fingerprint density at radius 3 is 2.79 bits per heavy atom. The molecule has 2 aliphatic heterocycles. The standard InChI is InChI=1S/C23H26FNO3/c1-26-21-6-5-18-11-17(15-28-22(18)13-21)14-25-16-23(7-9-27-10-8-23)19-3-2-4-20(24)12-19/h2-6,11-13,25H,7-10,14-16H2,1H3. The lowest BCUT2D eigenvalue weighted by Gasteiger charge is -2.38. The highest BCUT2D eigenvalue weighted by Crippen LogP contribution is 2.35. The minimum Gasteiger partial charge on any atom is -0.497 e. The molecule has 0 aromatic heterocycles. The van der Waals surface area contributed by atoms with Gasteiger partial charge in [-0.15, -0.1) is 0 Å². The normalized spacial score (nSPS) is 18.0. The summed E-state index contributed by atoms with van der Waals surface area (Å²) in [7, 11) is 1.65. The molecule has 2 aromatic carbocycles. The molecule has 2 aliphatic rings. The highest BCUT2D eigenvalue weighted by atomic mass is 19.1. The Morgan fingerprint density at radius 2 is 2.00 bits per heavy atom. The Labute approximate surface area is 165 Å². The van der Waals surface area contributed by atoms with Crippen molar-refractivity contribution in [3.8, 4) is 11.5 Å². The smallest absolute Gasteiger partial charge is 0.130 e. The summed E-state index contributed by atoms with van der Waals surface area (Å²) in [6.07, 6.45) is 3.95. The minimum absolute atomic E-state index is 0.0955. The number of ether oxygens (including phenoxy) is 3. The monoisotopic (exact) mass is 383 g/mol. The topological polar surface area (TPSA) is 39.7 Å². The Bertz CT molecular complexity index is 859. The van der Waals surface area contributed by atoms with Crippen molar-refractivity contribution in [2.45, 2.75) is 18.3 Å². The van der Waals surface area contributed by atoms with Gasteiger partial charge in [0.05, 0.1) is 7.11 Å². The number of rotatable bonds is 6. The van der Waals surface area contributed by atoms with Gasteiger partial charge in [0.25, 0.3) is 0 Å². The molecule has 1 fully saturated rings. The Morgan fingerprint density at radius 1 is 1.14 bits per heavy atom. The number of nitrogens with one attached hydrogen (secondary N) is 1. The van der Waals surface area contributed by atoms with E-state index < -0.39 is 0 Å². The van der Waals surface area contributed by atoms with Crippen LogP contribution in [0.4, 0.5) is 4.39 Å². The molecule has 0 spiro atoms. The average Bonchev–Trinajstić information content (AvgIpc) is 2.74. The van der Waals surface area contributed by atoms with Crippen LogP contribution in [0.2, 0.25) is 0 Å². The maximum absolute atomic E-state index is 13.8. The second-order valence-electron chi connectivity index (χ2n) is 7.50. The van der Waals surface area contributed by atoms with Gasteiger partial charge < -0.3 is 19.5 Å². The van der Waals surface area contributed by atoms with Crippen LogP contribution in [-0.4, -0.2) is 40.0 Å². The quantitative estimate of drug-likeness (QED) is 0.820. The molecule has 28 heavy (non-hydrogen) atoms. The number of fused-ring (bicyclic) bond motifs is 1. The Balaban J connectivity index is 1.44. The van der Waals surface area contributed by atoms with Gasteiger partial charge in [-0.3, -0.25) is 0 Å². The van der Waals surface area contributed by atoms with E-state index in [0.29, 0.717) is 19.8 Å². The third-order valence-electron chi connectivity index (χ3n) is 5.70. The molecule has 1 saturated heterocycles. The van der Waals surface area contributed by atoms with Gasteiger partial charge in [-0.1, -0.05) is 12.1 Å². The maximum Gasteiger partial charge on any atom is 0.130 e. The lowest BCUT2D eigenvalue weighted by Crippen LogP contribution is -2.43. The van der Waals surface area contributed by atoms with Crippen LogP contribution in [-0.2, 0) is 10.2 Å². The van der Waals surface area contributed by atoms with Crippen molar-refractivity contribution in [3.05, 3.63) is 65.0 Å². The minimum atomic E-state index is -0.182. The second-order valence-corrected chi connectivity index (χ2v) is 7.50. The number of hydrogen-bond donors (Lipinski definition) is 1. The molecule has 0 amide bonds. The number of halogens is 1. The molecule has 0 radical (unpaired) electrons. The molecule has 148 valence electrons. The van der Waals surface area contributed by atoms with Crippen LogP contribution in [0.5, 0.6) is 11.5 Å². The second kappa shape index (κ2) is 8.33. The average molecular weight is 383 g/mol. The highest BCUT2D eigenvalue weighted by Gasteiger charge is 2.34. The van der Waals surface area contributed by atoms with Crippen molar-refractivity contribution in [1.82, 2.24) is 5.32 Å². The molecule has 4 rings (SSSR count). The first-order valence-corrected chi connectivity index (χ1v) is 9.73. The summed E-state index contributed by atoms with van der Waals surface area (Å²) >= 11 is 0. The fraction of sp³-hybridized carbons (Fsp3) is 0.391. The van der Waals surface area contributed by atoms with E-state index in [1.54, 1.807) is 19.2 Å². The fourth-order valence-corrected chi connectivity index (χ4v) is 4.03. The summed E-state index contributed by atoms with van der Waals surface area (Å²) in [6.45, 7) is 3.50. The van der Waals surface area contributed by atoms with Crippen LogP contribution in [0.1, 0.15) is 24.0 Å². The third kappa shape index (κ3) is 4.05. The van der Waals surface area contributed by atoms with E-state index in [1.165, 1.54) is 11.6 Å². The van der Waals surface area contributed by atoms with E-state index in [-0.39, 0.29) is 11.2 Å². The summed E-state index contributed by atoms with van der Waals surface area (Å²) in [5, 5.41) is 3.59. The number of methoxy groups -OCH3 is 1. The molecule has 0 aliphatic carbocycles. The zero-order valence-electron chi connectivity index (χ0n) is 16.2. The first kappa shape index (κ1) is 19.0. The van der Waals surface area contributed by atoms with E-state index in [0.717, 1.165) is 48.6 Å². The Kier molecular flexibility index (Phi) is 5.64. The summed E-state index contributed by atoms with van der Waals surface area (Å²) in [4.78, 5) is 0. The molecular weight excluding hydrogens is 357 g/mol. The molecule has 0 saturated carbocycles. The summed E-state index contributed by atoms with van der Waals surface area (Å²) in [5.74, 6) is 1.47. The predicted octanol–water partition coefficient (Wildman–Crippen LogP) is 3.95. The van der Waals surface area contributed by atoms with Crippen molar-refractivity contribution in [2.24, 2.45) is 0 Å². The molecule has 2 heterocycles. The van der Waals surface area contributed by atoms with Crippen LogP contribution in [0.25, 0.3) is 6.08 Å². The predicted molar refractivity (Wildman–Crippen MR) is 107 cm³/mol. The van der Waals surface area contributed by atoms with Crippen molar-refractivity contribution >= 4 is 6.08 Å². The maximum atomic E-state index is 13.8.